The molecule has 8 heteroatoms. The summed E-state index contributed by atoms with van der Waals surface area (Å²) < 4.78 is 39.2. The summed E-state index contributed by atoms with van der Waals surface area (Å²) in [5.41, 5.74) is 0.514. The van der Waals surface area contributed by atoms with E-state index in [4.69, 9.17) is 0 Å². The third-order valence-corrected chi connectivity index (χ3v) is 3.19. The van der Waals surface area contributed by atoms with E-state index in [1.807, 2.05) is 0 Å². The van der Waals surface area contributed by atoms with Gasteiger partial charge in [-0.15, -0.1) is 0 Å². The lowest BCUT2D eigenvalue weighted by atomic mass is 10.2. The van der Waals surface area contributed by atoms with Crippen LogP contribution in [0.4, 0.5) is 30.5 Å². The third-order valence-electron chi connectivity index (χ3n) is 3.19. The summed E-state index contributed by atoms with van der Waals surface area (Å²) >= 11 is 0. The van der Waals surface area contributed by atoms with E-state index in [2.05, 4.69) is 20.6 Å². The lowest BCUT2D eigenvalue weighted by Crippen LogP contribution is -2.14. The number of rotatable bonds is 4. The maximum Gasteiger partial charge on any atom is 0.258 e. The molecule has 5 nitrogen and oxygen atoms in total. The number of benzene rings is 2. The summed E-state index contributed by atoms with van der Waals surface area (Å²) in [6.07, 6.45) is 2.49. The number of halogens is 3. The van der Waals surface area contributed by atoms with Gasteiger partial charge in [-0.2, -0.15) is 0 Å². The number of carbonyl (C=O) groups is 1. The van der Waals surface area contributed by atoms with Crippen molar-refractivity contribution in [1.82, 2.24) is 9.97 Å². The van der Waals surface area contributed by atoms with E-state index in [1.165, 1.54) is 36.7 Å². The monoisotopic (exact) mass is 344 g/mol. The number of nitrogens with zero attached hydrogens (tertiary/aromatic N) is 2. The lowest BCUT2D eigenvalue weighted by Gasteiger charge is -2.07. The minimum atomic E-state index is -0.885. The summed E-state index contributed by atoms with van der Waals surface area (Å²) in [6.45, 7) is 0. The summed E-state index contributed by atoms with van der Waals surface area (Å²) in [7, 11) is 0. The normalized spacial score (nSPS) is 10.4. The standard InChI is InChI=1S/C17H11F3N4O/c18-11-1-4-13(5-2-11)23-17-21-8-10(9-22-17)16(25)24-15-6-3-12(19)7-14(15)20/h1-9H,(H,24,25)(H,21,22,23). The zero-order valence-corrected chi connectivity index (χ0v) is 12.6. The topological polar surface area (TPSA) is 66.9 Å². The average Bonchev–Trinajstić information content (AvgIpc) is 2.60. The third kappa shape index (κ3) is 4.11. The Labute approximate surface area is 140 Å². The quantitative estimate of drug-likeness (QED) is 0.753. The van der Waals surface area contributed by atoms with Crippen LogP contribution in [0, 0.1) is 17.5 Å². The Morgan fingerprint density at radius 1 is 0.880 bits per heavy atom. The molecule has 0 aliphatic rings. The molecular weight excluding hydrogens is 333 g/mol. The highest BCUT2D eigenvalue weighted by Crippen LogP contribution is 2.17. The van der Waals surface area contributed by atoms with Crippen molar-refractivity contribution in [3.8, 4) is 0 Å². The van der Waals surface area contributed by atoms with Crippen molar-refractivity contribution in [2.45, 2.75) is 0 Å². The SMILES string of the molecule is O=C(Nc1ccc(F)cc1F)c1cnc(Nc2ccc(F)cc2)nc1. The Morgan fingerprint density at radius 2 is 1.52 bits per heavy atom. The van der Waals surface area contributed by atoms with Crippen LogP contribution in [0.1, 0.15) is 10.4 Å². The van der Waals surface area contributed by atoms with Crippen LogP contribution in [0.2, 0.25) is 0 Å². The first kappa shape index (κ1) is 16.4. The Morgan fingerprint density at radius 3 is 2.16 bits per heavy atom. The van der Waals surface area contributed by atoms with Crippen molar-refractivity contribution in [1.29, 1.82) is 0 Å². The highest BCUT2D eigenvalue weighted by molar-refractivity contribution is 6.03. The van der Waals surface area contributed by atoms with Gasteiger partial charge in [-0.05, 0) is 36.4 Å². The van der Waals surface area contributed by atoms with E-state index in [0.29, 0.717) is 11.8 Å². The molecule has 126 valence electrons. The van der Waals surface area contributed by atoms with Gasteiger partial charge in [0.25, 0.3) is 5.91 Å². The zero-order chi connectivity index (χ0) is 17.8. The number of nitrogens with one attached hydrogen (secondary N) is 2. The van der Waals surface area contributed by atoms with E-state index in [1.54, 1.807) is 0 Å². The molecule has 0 bridgehead atoms. The Bertz CT molecular complexity index is 899. The van der Waals surface area contributed by atoms with Crippen LogP contribution in [0.25, 0.3) is 0 Å². The first-order valence-electron chi connectivity index (χ1n) is 7.12. The number of carbonyl (C=O) groups excluding carboxylic acids is 1. The maximum absolute atomic E-state index is 13.5. The molecule has 1 aromatic heterocycles. The zero-order valence-electron chi connectivity index (χ0n) is 12.6. The molecule has 0 saturated heterocycles. The smallest absolute Gasteiger partial charge is 0.258 e. The van der Waals surface area contributed by atoms with Gasteiger partial charge in [-0.1, -0.05) is 0 Å². The minimum absolute atomic E-state index is 0.0911. The molecule has 3 rings (SSSR count). The lowest BCUT2D eigenvalue weighted by molar-refractivity contribution is 0.102. The number of anilines is 3. The van der Waals surface area contributed by atoms with Crippen molar-refractivity contribution in [3.05, 3.63) is 77.9 Å². The Balaban J connectivity index is 1.68. The van der Waals surface area contributed by atoms with Gasteiger partial charge < -0.3 is 10.6 Å². The molecular formula is C17H11F3N4O. The maximum atomic E-state index is 13.5. The summed E-state index contributed by atoms with van der Waals surface area (Å²) in [6, 6.07) is 8.40. The van der Waals surface area contributed by atoms with Crippen molar-refractivity contribution >= 4 is 23.2 Å². The van der Waals surface area contributed by atoms with Crippen LogP contribution in [0.5, 0.6) is 0 Å². The fourth-order valence-corrected chi connectivity index (χ4v) is 1.96. The number of aromatic nitrogens is 2. The van der Waals surface area contributed by atoms with E-state index >= 15 is 0 Å². The van der Waals surface area contributed by atoms with Crippen LogP contribution >= 0.6 is 0 Å². The van der Waals surface area contributed by atoms with Gasteiger partial charge in [0.05, 0.1) is 11.3 Å². The largest absolute Gasteiger partial charge is 0.324 e. The van der Waals surface area contributed by atoms with Gasteiger partial charge in [0.2, 0.25) is 5.95 Å². The minimum Gasteiger partial charge on any atom is -0.324 e. The molecule has 0 atom stereocenters. The second kappa shape index (κ2) is 7.00. The molecule has 2 N–H and O–H groups in total. The predicted molar refractivity (Wildman–Crippen MR) is 86.0 cm³/mol. The first-order valence-corrected chi connectivity index (χ1v) is 7.12. The molecule has 0 unspecified atom stereocenters. The number of hydrogen-bond donors (Lipinski definition) is 2. The molecule has 0 fully saturated rings. The van der Waals surface area contributed by atoms with Crippen LogP contribution in [-0.2, 0) is 0 Å². The Kier molecular flexibility index (Phi) is 4.60. The molecule has 0 radical (unpaired) electrons. The molecule has 1 heterocycles. The average molecular weight is 344 g/mol. The van der Waals surface area contributed by atoms with E-state index in [0.717, 1.165) is 12.1 Å². The number of amides is 1. The van der Waals surface area contributed by atoms with E-state index in [-0.39, 0.29) is 23.0 Å². The van der Waals surface area contributed by atoms with Crippen LogP contribution in [0.3, 0.4) is 0 Å². The fraction of sp³-hybridized carbons (Fsp3) is 0. The van der Waals surface area contributed by atoms with E-state index < -0.39 is 17.5 Å². The van der Waals surface area contributed by atoms with Crippen molar-refractivity contribution in [2.75, 3.05) is 10.6 Å². The summed E-state index contributed by atoms with van der Waals surface area (Å²) in [5, 5.41) is 5.15. The van der Waals surface area contributed by atoms with Gasteiger partial charge in [0.15, 0.2) is 0 Å². The van der Waals surface area contributed by atoms with Crippen LogP contribution in [0.15, 0.2) is 54.9 Å². The summed E-state index contributed by atoms with van der Waals surface area (Å²) in [4.78, 5) is 20.0. The highest BCUT2D eigenvalue weighted by atomic mass is 19.1. The van der Waals surface area contributed by atoms with Gasteiger partial charge in [-0.25, -0.2) is 23.1 Å². The molecule has 0 aliphatic carbocycles. The summed E-state index contributed by atoms with van der Waals surface area (Å²) in [5.74, 6) is -2.43. The fourth-order valence-electron chi connectivity index (χ4n) is 1.96. The molecule has 25 heavy (non-hydrogen) atoms. The van der Waals surface area contributed by atoms with Crippen molar-refractivity contribution in [3.63, 3.8) is 0 Å². The van der Waals surface area contributed by atoms with Gasteiger partial charge >= 0.3 is 0 Å². The number of hydrogen-bond acceptors (Lipinski definition) is 4. The molecule has 3 aromatic rings. The van der Waals surface area contributed by atoms with Gasteiger partial charge in [-0.3, -0.25) is 4.79 Å². The van der Waals surface area contributed by atoms with E-state index in [9.17, 15) is 18.0 Å². The van der Waals surface area contributed by atoms with Crippen LogP contribution in [-0.4, -0.2) is 15.9 Å². The molecule has 1 amide bonds. The van der Waals surface area contributed by atoms with Crippen molar-refractivity contribution in [2.24, 2.45) is 0 Å². The van der Waals surface area contributed by atoms with Gasteiger partial charge in [0, 0.05) is 24.1 Å². The molecule has 2 aromatic carbocycles. The van der Waals surface area contributed by atoms with Crippen LogP contribution < -0.4 is 10.6 Å². The predicted octanol–water partition coefficient (Wildman–Crippen LogP) is 3.89. The molecule has 0 aliphatic heterocycles. The van der Waals surface area contributed by atoms with Gasteiger partial charge in [0.1, 0.15) is 17.5 Å². The molecule has 0 spiro atoms. The Hall–Kier alpha value is -3.42. The highest BCUT2D eigenvalue weighted by Gasteiger charge is 2.11. The first-order chi connectivity index (χ1) is 12.0. The second-order valence-electron chi connectivity index (χ2n) is 5.01. The second-order valence-corrected chi connectivity index (χ2v) is 5.01. The molecule has 0 saturated carbocycles. The van der Waals surface area contributed by atoms with Crippen molar-refractivity contribution < 1.29 is 18.0 Å².